The van der Waals surface area contributed by atoms with Crippen molar-refractivity contribution in [2.24, 2.45) is 0 Å². The lowest BCUT2D eigenvalue weighted by Gasteiger charge is -2.16. The molecule has 23 heavy (non-hydrogen) atoms. The van der Waals surface area contributed by atoms with Crippen molar-refractivity contribution >= 4 is 17.9 Å². The maximum Gasteiger partial charge on any atom is 0.185 e. The summed E-state index contributed by atoms with van der Waals surface area (Å²) in [5.74, 6) is 0.206. The molecule has 3 rings (SSSR count). The smallest absolute Gasteiger partial charge is 0.185 e. The van der Waals surface area contributed by atoms with E-state index in [2.05, 4.69) is 62.4 Å². The molecule has 0 N–H and O–H groups in total. The fourth-order valence-electron chi connectivity index (χ4n) is 2.91. The molecule has 2 aromatic rings. The number of ketones is 1. The zero-order valence-corrected chi connectivity index (χ0v) is 13.8. The number of hydrogen-bond acceptors (Lipinski definition) is 1. The van der Waals surface area contributed by atoms with E-state index in [0.29, 0.717) is 0 Å². The summed E-state index contributed by atoms with van der Waals surface area (Å²) in [4.78, 5) is 12.7. The minimum Gasteiger partial charge on any atom is -0.289 e. The molecule has 0 atom stereocenters. The monoisotopic (exact) mass is 302 g/mol. The van der Waals surface area contributed by atoms with Crippen LogP contribution in [0.25, 0.3) is 12.2 Å². The third-order valence-electron chi connectivity index (χ3n) is 4.31. The second-order valence-electron chi connectivity index (χ2n) is 6.34. The summed E-state index contributed by atoms with van der Waals surface area (Å²) < 4.78 is 0. The Morgan fingerprint density at radius 3 is 1.48 bits per heavy atom. The summed E-state index contributed by atoms with van der Waals surface area (Å²) in [5, 5.41) is 0. The van der Waals surface area contributed by atoms with Gasteiger partial charge in [0.25, 0.3) is 0 Å². The van der Waals surface area contributed by atoms with Crippen LogP contribution in [0.3, 0.4) is 0 Å². The van der Waals surface area contributed by atoms with Crippen LogP contribution >= 0.6 is 0 Å². The van der Waals surface area contributed by atoms with Gasteiger partial charge in [-0.25, -0.2) is 0 Å². The highest BCUT2D eigenvalue weighted by molar-refractivity contribution is 6.13. The van der Waals surface area contributed by atoms with Crippen molar-refractivity contribution in [1.82, 2.24) is 0 Å². The second-order valence-corrected chi connectivity index (χ2v) is 6.34. The predicted octanol–water partition coefficient (Wildman–Crippen LogP) is 5.52. The lowest BCUT2D eigenvalue weighted by Crippen LogP contribution is -2.12. The zero-order valence-electron chi connectivity index (χ0n) is 13.8. The van der Waals surface area contributed by atoms with Gasteiger partial charge < -0.3 is 0 Å². The highest BCUT2D eigenvalue weighted by atomic mass is 16.1. The van der Waals surface area contributed by atoms with Crippen molar-refractivity contribution in [1.29, 1.82) is 0 Å². The van der Waals surface area contributed by atoms with Gasteiger partial charge in [0.2, 0.25) is 0 Å². The van der Waals surface area contributed by atoms with Crippen LogP contribution in [-0.4, -0.2) is 5.78 Å². The number of carbonyl (C=O) groups is 1. The molecule has 1 aliphatic rings. The standard InChI is InChI=1S/C22H22O/c1-16-6-10-18(11-7-16)14-20-4-3-5-21(22(20)23)15-19-12-8-17(2)9-13-19/h6-15H,3-5H2,1-2H3/b20-14-,21-15+. The molecular formula is C22H22O. The summed E-state index contributed by atoms with van der Waals surface area (Å²) in [6.07, 6.45) is 6.88. The molecule has 1 aliphatic carbocycles. The quantitative estimate of drug-likeness (QED) is 0.667. The van der Waals surface area contributed by atoms with Crippen LogP contribution in [0, 0.1) is 13.8 Å². The summed E-state index contributed by atoms with van der Waals surface area (Å²) in [6, 6.07) is 16.7. The number of hydrogen-bond donors (Lipinski definition) is 0. The summed E-state index contributed by atoms with van der Waals surface area (Å²) in [6.45, 7) is 4.15. The van der Waals surface area contributed by atoms with Crippen LogP contribution in [-0.2, 0) is 4.79 Å². The van der Waals surface area contributed by atoms with Gasteiger partial charge in [-0.2, -0.15) is 0 Å². The average Bonchev–Trinajstić information content (AvgIpc) is 2.55. The van der Waals surface area contributed by atoms with Crippen LogP contribution in [0.5, 0.6) is 0 Å². The van der Waals surface area contributed by atoms with Gasteiger partial charge in [0.05, 0.1) is 0 Å². The van der Waals surface area contributed by atoms with Crippen LogP contribution < -0.4 is 0 Å². The first-order valence-electron chi connectivity index (χ1n) is 8.21. The molecule has 1 fully saturated rings. The maximum absolute atomic E-state index is 12.7. The van der Waals surface area contributed by atoms with Crippen molar-refractivity contribution in [3.8, 4) is 0 Å². The van der Waals surface area contributed by atoms with Crippen LogP contribution in [0.4, 0.5) is 0 Å². The van der Waals surface area contributed by atoms with Gasteiger partial charge in [-0.05, 0) is 56.4 Å². The first-order valence-corrected chi connectivity index (χ1v) is 8.21. The van der Waals surface area contributed by atoms with Crippen LogP contribution in [0.1, 0.15) is 41.5 Å². The molecule has 0 bridgehead atoms. The molecule has 0 aromatic heterocycles. The Bertz CT molecular complexity index is 693. The van der Waals surface area contributed by atoms with Crippen molar-refractivity contribution in [3.63, 3.8) is 0 Å². The van der Waals surface area contributed by atoms with Gasteiger partial charge in [0.15, 0.2) is 5.78 Å². The molecule has 1 saturated carbocycles. The highest BCUT2D eigenvalue weighted by Crippen LogP contribution is 2.28. The third kappa shape index (κ3) is 3.87. The fourth-order valence-corrected chi connectivity index (χ4v) is 2.91. The Labute approximate surface area is 138 Å². The molecule has 116 valence electrons. The van der Waals surface area contributed by atoms with Crippen LogP contribution in [0.2, 0.25) is 0 Å². The lowest BCUT2D eigenvalue weighted by atomic mass is 9.87. The zero-order chi connectivity index (χ0) is 16.2. The van der Waals surface area contributed by atoms with Gasteiger partial charge in [0, 0.05) is 11.1 Å². The summed E-state index contributed by atoms with van der Waals surface area (Å²) in [7, 11) is 0. The lowest BCUT2D eigenvalue weighted by molar-refractivity contribution is -0.112. The van der Waals surface area contributed by atoms with E-state index in [4.69, 9.17) is 0 Å². The third-order valence-corrected chi connectivity index (χ3v) is 4.31. The van der Waals surface area contributed by atoms with Crippen LogP contribution in [0.15, 0.2) is 59.7 Å². The molecule has 0 amide bonds. The molecule has 1 nitrogen and oxygen atoms in total. The van der Waals surface area contributed by atoms with E-state index in [0.717, 1.165) is 41.5 Å². The molecule has 0 heterocycles. The van der Waals surface area contributed by atoms with E-state index >= 15 is 0 Å². The number of rotatable bonds is 2. The molecule has 0 saturated heterocycles. The van der Waals surface area contributed by atoms with Gasteiger partial charge in [-0.1, -0.05) is 59.7 Å². The number of benzene rings is 2. The van der Waals surface area contributed by atoms with E-state index in [1.165, 1.54) is 11.1 Å². The van der Waals surface area contributed by atoms with Crippen molar-refractivity contribution in [3.05, 3.63) is 81.9 Å². The number of allylic oxidation sites excluding steroid dienone is 2. The van der Waals surface area contributed by atoms with Gasteiger partial charge in [-0.3, -0.25) is 4.79 Å². The first-order chi connectivity index (χ1) is 11.1. The number of Topliss-reactive ketones (excluding diaryl/α,β-unsaturated/α-hetero) is 1. The predicted molar refractivity (Wildman–Crippen MR) is 97.2 cm³/mol. The Balaban J connectivity index is 1.86. The Morgan fingerprint density at radius 2 is 1.09 bits per heavy atom. The molecule has 0 spiro atoms. The minimum atomic E-state index is 0.206. The second kappa shape index (κ2) is 6.78. The summed E-state index contributed by atoms with van der Waals surface area (Å²) in [5.41, 5.74) is 6.55. The Morgan fingerprint density at radius 1 is 0.696 bits per heavy atom. The van der Waals surface area contributed by atoms with Gasteiger partial charge >= 0.3 is 0 Å². The van der Waals surface area contributed by atoms with E-state index in [1.54, 1.807) is 0 Å². The van der Waals surface area contributed by atoms with E-state index in [-0.39, 0.29) is 5.78 Å². The van der Waals surface area contributed by atoms with Crippen molar-refractivity contribution in [2.45, 2.75) is 33.1 Å². The molecule has 0 aliphatic heterocycles. The van der Waals surface area contributed by atoms with E-state index in [9.17, 15) is 4.79 Å². The molecule has 0 unspecified atom stereocenters. The summed E-state index contributed by atoms with van der Waals surface area (Å²) >= 11 is 0. The SMILES string of the molecule is Cc1ccc(/C=C2/CCC/C(=C\c3ccc(C)cc3)C2=O)cc1. The highest BCUT2D eigenvalue weighted by Gasteiger charge is 2.20. The van der Waals surface area contributed by atoms with Gasteiger partial charge in [0.1, 0.15) is 0 Å². The Hall–Kier alpha value is -2.41. The van der Waals surface area contributed by atoms with Crippen molar-refractivity contribution < 1.29 is 4.79 Å². The number of aryl methyl sites for hydroxylation is 2. The van der Waals surface area contributed by atoms with Crippen molar-refractivity contribution in [2.75, 3.05) is 0 Å². The fraction of sp³-hybridized carbons (Fsp3) is 0.227. The minimum absolute atomic E-state index is 0.206. The molecular weight excluding hydrogens is 280 g/mol. The first kappa shape index (κ1) is 15.5. The molecule has 0 radical (unpaired) electrons. The maximum atomic E-state index is 12.7. The molecule has 2 aromatic carbocycles. The average molecular weight is 302 g/mol. The topological polar surface area (TPSA) is 17.1 Å². The largest absolute Gasteiger partial charge is 0.289 e. The Kier molecular flexibility index (Phi) is 4.57. The number of carbonyl (C=O) groups excluding carboxylic acids is 1. The molecule has 1 heteroatoms. The van der Waals surface area contributed by atoms with E-state index in [1.807, 2.05) is 12.2 Å². The van der Waals surface area contributed by atoms with E-state index < -0.39 is 0 Å². The normalized spacial score (nSPS) is 18.6. The van der Waals surface area contributed by atoms with Gasteiger partial charge in [-0.15, -0.1) is 0 Å².